The Bertz CT molecular complexity index is 871. The quantitative estimate of drug-likeness (QED) is 0.758. The normalized spacial score (nSPS) is 15.3. The van der Waals surface area contributed by atoms with E-state index in [9.17, 15) is 13.2 Å². The van der Waals surface area contributed by atoms with Crippen LogP contribution in [0.15, 0.2) is 40.6 Å². The molecule has 140 valence electrons. The Hall–Kier alpha value is -1.74. The monoisotopic (exact) mass is 393 g/mol. The third-order valence-electron chi connectivity index (χ3n) is 4.28. The fraction of sp³-hybridized carbons (Fsp3) is 0.389. The maximum Gasteiger partial charge on any atom is 0.267 e. The van der Waals surface area contributed by atoms with Gasteiger partial charge in [0.2, 0.25) is 10.0 Å². The number of nitrogens with one attached hydrogen (secondary N) is 2. The molecule has 1 amide bonds. The van der Waals surface area contributed by atoms with Gasteiger partial charge < -0.3 is 10.6 Å². The fourth-order valence-corrected chi connectivity index (χ4v) is 5.76. The second kappa shape index (κ2) is 8.30. The summed E-state index contributed by atoms with van der Waals surface area (Å²) in [5, 5.41) is 7.71. The van der Waals surface area contributed by atoms with Crippen LogP contribution >= 0.6 is 11.3 Å². The van der Waals surface area contributed by atoms with Crippen molar-refractivity contribution < 1.29 is 13.2 Å². The van der Waals surface area contributed by atoms with Crippen LogP contribution in [0, 0.1) is 0 Å². The van der Waals surface area contributed by atoms with Crippen molar-refractivity contribution in [1.29, 1.82) is 0 Å². The number of carbonyl (C=O) groups is 1. The third-order valence-corrected chi connectivity index (χ3v) is 7.27. The lowest BCUT2D eigenvalue weighted by atomic mass is 10.2. The molecule has 26 heavy (non-hydrogen) atoms. The van der Waals surface area contributed by atoms with Crippen LogP contribution in [0.5, 0.6) is 0 Å². The number of carbonyl (C=O) groups excluding carboxylic acids is 1. The van der Waals surface area contributed by atoms with Crippen LogP contribution < -0.4 is 10.6 Å². The van der Waals surface area contributed by atoms with Gasteiger partial charge in [-0.2, -0.15) is 4.31 Å². The van der Waals surface area contributed by atoms with Crippen molar-refractivity contribution in [1.82, 2.24) is 9.62 Å². The minimum atomic E-state index is -3.61. The molecule has 6 nitrogen and oxygen atoms in total. The largest absolute Gasteiger partial charge is 0.321 e. The Kier molecular flexibility index (Phi) is 6.08. The molecule has 0 spiro atoms. The van der Waals surface area contributed by atoms with Gasteiger partial charge in [-0.25, -0.2) is 8.42 Å². The molecule has 2 aromatic rings. The number of rotatable bonds is 7. The topological polar surface area (TPSA) is 78.5 Å². The first-order valence-corrected chi connectivity index (χ1v) is 11.0. The Labute approximate surface area is 158 Å². The van der Waals surface area contributed by atoms with Crippen molar-refractivity contribution in [3.8, 4) is 0 Å². The van der Waals surface area contributed by atoms with Gasteiger partial charge in [0, 0.05) is 25.3 Å². The molecule has 0 saturated carbocycles. The van der Waals surface area contributed by atoms with Gasteiger partial charge >= 0.3 is 0 Å². The van der Waals surface area contributed by atoms with E-state index in [1.165, 1.54) is 10.4 Å². The Morgan fingerprint density at radius 2 is 2.00 bits per heavy atom. The number of thiophene rings is 1. The van der Waals surface area contributed by atoms with Crippen molar-refractivity contribution in [3.05, 3.63) is 46.2 Å². The summed E-state index contributed by atoms with van der Waals surface area (Å²) in [5.41, 5.74) is 1.71. The summed E-state index contributed by atoms with van der Waals surface area (Å²) in [6.07, 6.45) is 1.73. The molecule has 1 aromatic carbocycles. The van der Waals surface area contributed by atoms with Gasteiger partial charge in [0.05, 0.1) is 0 Å². The number of anilines is 1. The summed E-state index contributed by atoms with van der Waals surface area (Å²) in [4.78, 5) is 13.0. The minimum absolute atomic E-state index is 0.103. The van der Waals surface area contributed by atoms with E-state index in [0.717, 1.165) is 36.3 Å². The van der Waals surface area contributed by atoms with Gasteiger partial charge in [0.15, 0.2) is 0 Å². The van der Waals surface area contributed by atoms with Crippen LogP contribution in [0.3, 0.4) is 0 Å². The summed E-state index contributed by atoms with van der Waals surface area (Å²) >= 11 is 1.15. The molecule has 1 fully saturated rings. The van der Waals surface area contributed by atoms with Crippen LogP contribution in [0.1, 0.15) is 35.0 Å². The molecule has 0 unspecified atom stereocenters. The van der Waals surface area contributed by atoms with Crippen LogP contribution in [-0.4, -0.2) is 38.3 Å². The molecule has 1 aliphatic heterocycles. The Morgan fingerprint density at radius 1 is 1.23 bits per heavy atom. The van der Waals surface area contributed by atoms with Crippen LogP contribution in [-0.2, 0) is 16.6 Å². The minimum Gasteiger partial charge on any atom is -0.321 e. The highest BCUT2D eigenvalue weighted by Crippen LogP contribution is 2.28. The van der Waals surface area contributed by atoms with E-state index in [2.05, 4.69) is 10.6 Å². The number of benzene rings is 1. The summed E-state index contributed by atoms with van der Waals surface area (Å²) in [6, 6.07) is 9.07. The summed E-state index contributed by atoms with van der Waals surface area (Å²) in [6.45, 7) is 4.65. The molecule has 2 N–H and O–H groups in total. The molecule has 8 heteroatoms. The van der Waals surface area contributed by atoms with Gasteiger partial charge in [0.25, 0.3) is 5.91 Å². The molecule has 0 atom stereocenters. The fourth-order valence-electron chi connectivity index (χ4n) is 2.95. The number of sulfonamides is 1. The zero-order valence-corrected chi connectivity index (χ0v) is 16.3. The summed E-state index contributed by atoms with van der Waals surface area (Å²) in [5.74, 6) is -0.390. The number of nitrogens with zero attached hydrogens (tertiary/aromatic N) is 1. The molecule has 0 bridgehead atoms. The molecule has 3 rings (SSSR count). The maximum absolute atomic E-state index is 12.8. The first-order valence-electron chi connectivity index (χ1n) is 8.71. The van der Waals surface area contributed by atoms with Crippen molar-refractivity contribution >= 4 is 33.0 Å². The molecule has 1 saturated heterocycles. The van der Waals surface area contributed by atoms with Gasteiger partial charge in [-0.15, -0.1) is 11.3 Å². The van der Waals surface area contributed by atoms with E-state index in [4.69, 9.17) is 0 Å². The smallest absolute Gasteiger partial charge is 0.267 e. The van der Waals surface area contributed by atoms with Crippen molar-refractivity contribution in [2.45, 2.75) is 31.2 Å². The molecule has 0 radical (unpaired) electrons. The second-order valence-corrected chi connectivity index (χ2v) is 8.98. The molecular formula is C18H23N3O3S2. The highest BCUT2D eigenvalue weighted by molar-refractivity contribution is 7.89. The average molecular weight is 394 g/mol. The van der Waals surface area contributed by atoms with Gasteiger partial charge in [-0.3, -0.25) is 4.79 Å². The first kappa shape index (κ1) is 19.0. The lowest BCUT2D eigenvalue weighted by Gasteiger charge is -2.15. The number of hydrogen-bond donors (Lipinski definition) is 2. The van der Waals surface area contributed by atoms with E-state index in [0.29, 0.717) is 25.3 Å². The van der Waals surface area contributed by atoms with E-state index in [1.54, 1.807) is 11.4 Å². The standard InChI is InChI=1S/C18H23N3O3S2/c1-2-19-13-14-6-5-7-15(12-14)20-18(22)17-16(8-11-25-17)26(23,24)21-9-3-4-10-21/h5-8,11-12,19H,2-4,9-10,13H2,1H3,(H,20,22). The van der Waals surface area contributed by atoms with E-state index < -0.39 is 15.9 Å². The molecule has 0 aliphatic carbocycles. The first-order chi connectivity index (χ1) is 12.5. The van der Waals surface area contributed by atoms with Gasteiger partial charge in [-0.1, -0.05) is 19.1 Å². The van der Waals surface area contributed by atoms with Crippen LogP contribution in [0.2, 0.25) is 0 Å². The predicted octanol–water partition coefficient (Wildman–Crippen LogP) is 2.89. The molecule has 1 aromatic heterocycles. The highest BCUT2D eigenvalue weighted by atomic mass is 32.2. The van der Waals surface area contributed by atoms with Crippen LogP contribution in [0.25, 0.3) is 0 Å². The van der Waals surface area contributed by atoms with Crippen molar-refractivity contribution in [3.63, 3.8) is 0 Å². The summed E-state index contributed by atoms with van der Waals surface area (Å²) in [7, 11) is -3.61. The maximum atomic E-state index is 12.8. The van der Waals surface area contributed by atoms with E-state index in [1.807, 2.05) is 25.1 Å². The van der Waals surface area contributed by atoms with E-state index >= 15 is 0 Å². The number of hydrogen-bond acceptors (Lipinski definition) is 5. The molecular weight excluding hydrogens is 370 g/mol. The Balaban J connectivity index is 1.78. The SMILES string of the molecule is CCNCc1cccc(NC(=O)c2sccc2S(=O)(=O)N2CCCC2)c1. The molecule has 2 heterocycles. The predicted molar refractivity (Wildman–Crippen MR) is 104 cm³/mol. The highest BCUT2D eigenvalue weighted by Gasteiger charge is 2.31. The molecule has 1 aliphatic rings. The van der Waals surface area contributed by atoms with E-state index in [-0.39, 0.29) is 9.77 Å². The van der Waals surface area contributed by atoms with Gasteiger partial charge in [-0.05, 0) is 48.5 Å². The zero-order valence-electron chi connectivity index (χ0n) is 14.7. The van der Waals surface area contributed by atoms with Gasteiger partial charge in [0.1, 0.15) is 9.77 Å². The number of amides is 1. The van der Waals surface area contributed by atoms with Crippen molar-refractivity contribution in [2.24, 2.45) is 0 Å². The zero-order chi connectivity index (χ0) is 18.6. The summed E-state index contributed by atoms with van der Waals surface area (Å²) < 4.78 is 27.0. The Morgan fingerprint density at radius 3 is 2.73 bits per heavy atom. The van der Waals surface area contributed by atoms with Crippen molar-refractivity contribution in [2.75, 3.05) is 25.0 Å². The second-order valence-electron chi connectivity index (χ2n) is 6.16. The third kappa shape index (κ3) is 4.15. The average Bonchev–Trinajstić information content (AvgIpc) is 3.32. The lowest BCUT2D eigenvalue weighted by Crippen LogP contribution is -2.29. The lowest BCUT2D eigenvalue weighted by molar-refractivity contribution is 0.102. The van der Waals surface area contributed by atoms with Crippen LogP contribution in [0.4, 0.5) is 5.69 Å².